The lowest BCUT2D eigenvalue weighted by atomic mass is 10.1. The molecule has 8 heteroatoms. The highest BCUT2D eigenvalue weighted by molar-refractivity contribution is 7.89. The van der Waals surface area contributed by atoms with Gasteiger partial charge in [0, 0.05) is 13.1 Å². The van der Waals surface area contributed by atoms with E-state index >= 15 is 0 Å². The van der Waals surface area contributed by atoms with Crippen LogP contribution < -0.4 is 14.8 Å². The molecule has 0 aliphatic rings. The second-order valence-corrected chi connectivity index (χ2v) is 10.7. The molecule has 36 heavy (non-hydrogen) atoms. The third kappa shape index (κ3) is 6.65. The van der Waals surface area contributed by atoms with Crippen LogP contribution in [0.25, 0.3) is 0 Å². The Bertz CT molecular complexity index is 1280. The zero-order valence-electron chi connectivity index (χ0n) is 21.5. The molecular formula is C28H34N2O5S. The predicted octanol–water partition coefficient (Wildman–Crippen LogP) is 4.18. The number of rotatable bonds is 11. The van der Waals surface area contributed by atoms with Crippen molar-refractivity contribution in [2.24, 2.45) is 0 Å². The van der Waals surface area contributed by atoms with Crippen LogP contribution in [-0.2, 0) is 27.8 Å². The summed E-state index contributed by atoms with van der Waals surface area (Å²) in [5, 5.41) is 2.86. The molecule has 0 unspecified atom stereocenters. The van der Waals surface area contributed by atoms with Gasteiger partial charge in [-0.2, -0.15) is 4.31 Å². The predicted molar refractivity (Wildman–Crippen MR) is 141 cm³/mol. The number of ether oxygens (including phenoxy) is 2. The maximum Gasteiger partial charge on any atom is 0.244 e. The maximum absolute atomic E-state index is 13.8. The zero-order chi connectivity index (χ0) is 26.3. The van der Waals surface area contributed by atoms with E-state index in [4.69, 9.17) is 9.47 Å². The van der Waals surface area contributed by atoms with Gasteiger partial charge in [0.25, 0.3) is 0 Å². The van der Waals surface area contributed by atoms with Crippen molar-refractivity contribution in [1.29, 1.82) is 0 Å². The molecule has 0 saturated heterocycles. The summed E-state index contributed by atoms with van der Waals surface area (Å²) >= 11 is 0. The van der Waals surface area contributed by atoms with Gasteiger partial charge in [0.15, 0.2) is 11.5 Å². The van der Waals surface area contributed by atoms with Gasteiger partial charge < -0.3 is 14.8 Å². The van der Waals surface area contributed by atoms with E-state index in [1.54, 1.807) is 28.1 Å². The van der Waals surface area contributed by atoms with Crippen molar-refractivity contribution in [3.8, 4) is 11.5 Å². The Labute approximate surface area is 214 Å². The van der Waals surface area contributed by atoms with Crippen molar-refractivity contribution in [3.05, 3.63) is 88.5 Å². The molecule has 0 atom stereocenters. The first-order chi connectivity index (χ1) is 17.1. The van der Waals surface area contributed by atoms with E-state index in [1.807, 2.05) is 67.6 Å². The Balaban J connectivity index is 1.77. The molecule has 0 saturated carbocycles. The number of carbonyl (C=O) groups is 1. The molecule has 7 nitrogen and oxygen atoms in total. The molecule has 3 aromatic carbocycles. The summed E-state index contributed by atoms with van der Waals surface area (Å²) in [6.45, 7) is 5.68. The van der Waals surface area contributed by atoms with Gasteiger partial charge in [-0.25, -0.2) is 8.42 Å². The average molecular weight is 511 g/mol. The van der Waals surface area contributed by atoms with Gasteiger partial charge in [0.1, 0.15) is 0 Å². The maximum atomic E-state index is 13.8. The molecule has 0 aliphatic carbocycles. The number of nitrogens with zero attached hydrogens (tertiary/aromatic N) is 1. The van der Waals surface area contributed by atoms with Crippen molar-refractivity contribution >= 4 is 15.9 Å². The lowest BCUT2D eigenvalue weighted by Crippen LogP contribution is -2.41. The smallest absolute Gasteiger partial charge is 0.244 e. The van der Waals surface area contributed by atoms with Gasteiger partial charge >= 0.3 is 0 Å². The fourth-order valence-electron chi connectivity index (χ4n) is 4.31. The standard InChI is InChI=1S/C28H34N2O5S/c1-20-15-21(2)28(22(3)16-20)36(32,33)30(18-24-9-7-6-8-10-24)19-27(31)29-14-13-23-11-12-25(34-4)26(17-23)35-5/h6-12,15-17H,13-14,18-19H2,1-5H3,(H,29,31). The Kier molecular flexibility index (Phi) is 9.12. The molecule has 192 valence electrons. The molecule has 1 N–H and O–H groups in total. The van der Waals surface area contributed by atoms with Crippen molar-refractivity contribution in [2.75, 3.05) is 27.3 Å². The third-order valence-corrected chi connectivity index (χ3v) is 8.01. The van der Waals surface area contributed by atoms with Crippen LogP contribution in [0.1, 0.15) is 27.8 Å². The molecule has 3 aromatic rings. The quantitative estimate of drug-likeness (QED) is 0.418. The van der Waals surface area contributed by atoms with Crippen molar-refractivity contribution in [3.63, 3.8) is 0 Å². The SMILES string of the molecule is COc1ccc(CCNC(=O)CN(Cc2ccccc2)S(=O)(=O)c2c(C)cc(C)cc2C)cc1OC. The highest BCUT2D eigenvalue weighted by atomic mass is 32.2. The van der Waals surface area contributed by atoms with Gasteiger partial charge in [0.2, 0.25) is 15.9 Å². The Hall–Kier alpha value is -3.36. The number of hydrogen-bond donors (Lipinski definition) is 1. The minimum absolute atomic E-state index is 0.0963. The summed E-state index contributed by atoms with van der Waals surface area (Å²) in [4.78, 5) is 13.1. The number of aryl methyl sites for hydroxylation is 3. The lowest BCUT2D eigenvalue weighted by Gasteiger charge is -2.24. The highest BCUT2D eigenvalue weighted by Crippen LogP contribution is 2.28. The van der Waals surface area contributed by atoms with Crippen molar-refractivity contribution in [1.82, 2.24) is 9.62 Å². The molecule has 0 radical (unpaired) electrons. The van der Waals surface area contributed by atoms with E-state index in [-0.39, 0.29) is 23.9 Å². The van der Waals surface area contributed by atoms with Gasteiger partial charge in [0.05, 0.1) is 25.7 Å². The van der Waals surface area contributed by atoms with E-state index < -0.39 is 10.0 Å². The summed E-state index contributed by atoms with van der Waals surface area (Å²) in [7, 11) is -0.776. The van der Waals surface area contributed by atoms with Crippen LogP contribution in [0.3, 0.4) is 0 Å². The summed E-state index contributed by atoms with van der Waals surface area (Å²) in [6, 6.07) is 18.6. The molecule has 3 rings (SSSR count). The fourth-order valence-corrected chi connectivity index (χ4v) is 6.11. The molecule has 0 spiro atoms. The first kappa shape index (κ1) is 27.2. The van der Waals surface area contributed by atoms with Crippen LogP contribution in [0.5, 0.6) is 11.5 Å². The Morgan fingerprint density at radius 3 is 2.11 bits per heavy atom. The second-order valence-electron chi connectivity index (χ2n) is 8.78. The average Bonchev–Trinajstić information content (AvgIpc) is 2.83. The molecule has 0 bridgehead atoms. The largest absolute Gasteiger partial charge is 0.493 e. The number of nitrogens with one attached hydrogen (secondary N) is 1. The van der Waals surface area contributed by atoms with E-state index in [0.717, 1.165) is 16.7 Å². The third-order valence-electron chi connectivity index (χ3n) is 5.91. The Morgan fingerprint density at radius 1 is 0.861 bits per heavy atom. The van der Waals surface area contributed by atoms with Crippen LogP contribution in [0.4, 0.5) is 0 Å². The normalized spacial score (nSPS) is 11.4. The van der Waals surface area contributed by atoms with Crippen LogP contribution >= 0.6 is 0 Å². The molecule has 1 amide bonds. The van der Waals surface area contributed by atoms with Gasteiger partial charge in [-0.05, 0) is 61.6 Å². The van der Waals surface area contributed by atoms with Crippen LogP contribution in [0.15, 0.2) is 65.6 Å². The molecule has 0 aliphatic heterocycles. The number of benzene rings is 3. The van der Waals surface area contributed by atoms with Gasteiger partial charge in [-0.3, -0.25) is 4.79 Å². The summed E-state index contributed by atoms with van der Waals surface area (Å²) < 4.78 is 39.4. The van der Waals surface area contributed by atoms with Gasteiger partial charge in [-0.1, -0.05) is 54.1 Å². The zero-order valence-corrected chi connectivity index (χ0v) is 22.3. The number of hydrogen-bond acceptors (Lipinski definition) is 5. The van der Waals surface area contributed by atoms with E-state index in [2.05, 4.69) is 5.32 Å². The van der Waals surface area contributed by atoms with Crippen LogP contribution in [0, 0.1) is 20.8 Å². The monoisotopic (exact) mass is 510 g/mol. The van der Waals surface area contributed by atoms with Crippen LogP contribution in [-0.4, -0.2) is 45.9 Å². The summed E-state index contributed by atoms with van der Waals surface area (Å²) in [5.74, 6) is 0.886. The minimum atomic E-state index is -3.92. The molecule has 0 heterocycles. The minimum Gasteiger partial charge on any atom is -0.493 e. The lowest BCUT2D eigenvalue weighted by molar-refractivity contribution is -0.121. The van der Waals surface area contributed by atoms with E-state index in [0.29, 0.717) is 35.6 Å². The Morgan fingerprint density at radius 2 is 1.50 bits per heavy atom. The number of methoxy groups -OCH3 is 2. The summed E-state index contributed by atoms with van der Waals surface area (Å²) in [6.07, 6.45) is 0.563. The first-order valence-corrected chi connectivity index (χ1v) is 13.2. The van der Waals surface area contributed by atoms with Gasteiger partial charge in [-0.15, -0.1) is 0 Å². The number of sulfonamides is 1. The summed E-state index contributed by atoms with van der Waals surface area (Å²) in [5.41, 5.74) is 4.10. The number of amides is 1. The molecule has 0 aromatic heterocycles. The highest BCUT2D eigenvalue weighted by Gasteiger charge is 2.29. The topological polar surface area (TPSA) is 84.9 Å². The molecule has 0 fully saturated rings. The first-order valence-electron chi connectivity index (χ1n) is 11.7. The fraction of sp³-hybridized carbons (Fsp3) is 0.321. The second kappa shape index (κ2) is 12.1. The van der Waals surface area contributed by atoms with E-state index in [1.165, 1.54) is 4.31 Å². The van der Waals surface area contributed by atoms with Crippen LogP contribution in [0.2, 0.25) is 0 Å². The van der Waals surface area contributed by atoms with Crippen molar-refractivity contribution in [2.45, 2.75) is 38.6 Å². The number of carbonyl (C=O) groups excluding carboxylic acids is 1. The van der Waals surface area contributed by atoms with Crippen molar-refractivity contribution < 1.29 is 22.7 Å². The van der Waals surface area contributed by atoms with E-state index in [9.17, 15) is 13.2 Å². The molecular weight excluding hydrogens is 476 g/mol.